The van der Waals surface area contributed by atoms with Gasteiger partial charge in [0.2, 0.25) is 59.1 Å². The van der Waals surface area contributed by atoms with Gasteiger partial charge < -0.3 is 80.4 Å². The molecule has 17 N–H and O–H groups in total. The number of halogens is 3. The molecule has 2 aromatic carbocycles. The van der Waals surface area contributed by atoms with Gasteiger partial charge in [-0.2, -0.15) is 13.2 Å². The van der Waals surface area contributed by atoms with Crippen molar-refractivity contribution in [1.29, 1.82) is 0 Å². The number of rotatable bonds is 18. The van der Waals surface area contributed by atoms with Crippen molar-refractivity contribution in [2.75, 3.05) is 39.3 Å². The smallest absolute Gasteiger partial charge is 0.475 e. The molecule has 2 aromatic rings. The molecule has 29 heteroatoms. The fourth-order valence-electron chi connectivity index (χ4n) is 10.7. The van der Waals surface area contributed by atoms with Crippen LogP contribution in [0.4, 0.5) is 13.2 Å². The van der Waals surface area contributed by atoms with Crippen LogP contribution < -0.4 is 65.5 Å². The van der Waals surface area contributed by atoms with Gasteiger partial charge in [-0.05, 0) is 126 Å². The summed E-state index contributed by atoms with van der Waals surface area (Å²) in [4.78, 5) is 157. The van der Waals surface area contributed by atoms with Gasteiger partial charge in [0, 0.05) is 25.9 Å². The average molecular weight is 1260 g/mol. The maximum atomic E-state index is 14.9. The molecule has 0 radical (unpaired) electrons. The van der Waals surface area contributed by atoms with Crippen LogP contribution >= 0.6 is 0 Å². The van der Waals surface area contributed by atoms with E-state index in [1.807, 2.05) is 0 Å². The first-order valence-electron chi connectivity index (χ1n) is 30.5. The summed E-state index contributed by atoms with van der Waals surface area (Å²) >= 11 is 0. The lowest BCUT2D eigenvalue weighted by Gasteiger charge is -2.32. The van der Waals surface area contributed by atoms with Crippen molar-refractivity contribution >= 4 is 65.0 Å². The third kappa shape index (κ3) is 23.0. The molecular formula is C60H91F3N14O12. The SMILES string of the molecule is CC(C)[C@@H]1NC(=O)[C@H](CCCN)NC(=O)[C@@H]2CCCN2C(=O)[C@@H](Cc2ccccc2)NC(=O)[C@H](CCCN)NC(=O)[C@H](C(C)C)NC(=O)[C@H](CCCN)NC(=O)[C@@H]2CCCN2C(=O)[C@@H](Cc2ccccc2)NC(=O)[C@H](CCCN)NC1=O.O=C(O)C(F)(F)F. The number of hydrogen-bond acceptors (Lipinski definition) is 15. The van der Waals surface area contributed by atoms with E-state index in [2.05, 4.69) is 42.5 Å². The number of hydrogen-bond donors (Lipinski definition) is 13. The number of aliphatic carboxylic acids is 1. The second-order valence-corrected chi connectivity index (χ2v) is 23.1. The van der Waals surface area contributed by atoms with Crippen molar-refractivity contribution < 1.29 is 71.0 Å². The maximum Gasteiger partial charge on any atom is 0.490 e. The van der Waals surface area contributed by atoms with E-state index in [1.165, 1.54) is 9.80 Å². The molecule has 0 aromatic heterocycles. The lowest BCUT2D eigenvalue weighted by molar-refractivity contribution is -0.192. The van der Waals surface area contributed by atoms with Crippen LogP contribution in [0.1, 0.15) is 116 Å². The molecule has 0 saturated carbocycles. The Morgan fingerprint density at radius 1 is 0.461 bits per heavy atom. The summed E-state index contributed by atoms with van der Waals surface area (Å²) in [6, 6.07) is 5.84. The summed E-state index contributed by atoms with van der Waals surface area (Å²) in [5.74, 6) is -10.6. The van der Waals surface area contributed by atoms with E-state index in [0.717, 1.165) is 0 Å². The van der Waals surface area contributed by atoms with Gasteiger partial charge in [0.05, 0.1) is 0 Å². The number of carbonyl (C=O) groups excluding carboxylic acids is 10. The Morgan fingerprint density at radius 3 is 1.00 bits per heavy atom. The normalized spacial score (nSPS) is 25.2. The summed E-state index contributed by atoms with van der Waals surface area (Å²) in [6.45, 7) is 7.72. The van der Waals surface area contributed by atoms with Crippen molar-refractivity contribution in [1.82, 2.24) is 52.3 Å². The minimum Gasteiger partial charge on any atom is -0.475 e. The molecule has 26 nitrogen and oxygen atoms in total. The van der Waals surface area contributed by atoms with E-state index in [-0.39, 0.29) is 103 Å². The number of alkyl halides is 3. The molecule has 5 rings (SSSR count). The second kappa shape index (κ2) is 36.7. The quantitative estimate of drug-likeness (QED) is 0.0873. The first-order chi connectivity index (χ1) is 42.3. The number of carbonyl (C=O) groups is 11. The highest BCUT2D eigenvalue weighted by molar-refractivity contribution is 6.00. The largest absolute Gasteiger partial charge is 0.490 e. The summed E-state index contributed by atoms with van der Waals surface area (Å²) in [5.41, 5.74) is 25.0. The van der Waals surface area contributed by atoms with Crippen LogP contribution in [0.3, 0.4) is 0 Å². The molecule has 10 atom stereocenters. The predicted molar refractivity (Wildman–Crippen MR) is 322 cm³/mol. The predicted octanol–water partition coefficient (Wildman–Crippen LogP) is -0.753. The molecule has 0 unspecified atom stereocenters. The van der Waals surface area contributed by atoms with Crippen molar-refractivity contribution in [3.8, 4) is 0 Å². The zero-order valence-corrected chi connectivity index (χ0v) is 51.1. The summed E-state index contributed by atoms with van der Waals surface area (Å²) in [7, 11) is 0. The lowest BCUT2D eigenvalue weighted by Crippen LogP contribution is -2.62. The molecule has 89 heavy (non-hydrogen) atoms. The third-order valence-electron chi connectivity index (χ3n) is 15.5. The van der Waals surface area contributed by atoms with E-state index >= 15 is 0 Å². The second-order valence-electron chi connectivity index (χ2n) is 23.1. The molecule has 3 aliphatic rings. The number of carboxylic acid groups (broad SMARTS) is 1. The van der Waals surface area contributed by atoms with Crippen molar-refractivity contribution in [2.24, 2.45) is 34.8 Å². The van der Waals surface area contributed by atoms with E-state index < -0.39 is 143 Å². The minimum atomic E-state index is -5.08. The van der Waals surface area contributed by atoms with E-state index in [9.17, 15) is 61.1 Å². The number of nitrogens with zero attached hydrogens (tertiary/aromatic N) is 2. The van der Waals surface area contributed by atoms with Gasteiger partial charge in [-0.15, -0.1) is 0 Å². The standard InChI is InChI=1S/C58H90N14O10.C2HF3O2/c1-35(2)47-55(79)65-39(21-11-27-59)49(73)67-43(33-37-17-7-5-8-18-37)57(81)72-32-16-26-46(72)54(78)64-42(24-14-30-62)52(76)70-48(36(3)4)56(80)66-40(22-12-28-60)50(74)68-44(34-38-19-9-6-10-20-38)58(82)71-31-15-25-45(71)53(77)63-41(23-13-29-61)51(75)69-47;3-2(4,5)1(6)7/h5-10,17-20,35-36,39-48H,11-16,21-34,59-62H2,1-4H3,(H,63,77)(H,64,78)(H,65,79)(H,66,80)(H,67,73)(H,68,74)(H,69,75)(H,70,76);(H,6,7)/t39-,40-,41-,42-,43+,44+,45-,46-,47-,48-;/m0./s1. The first kappa shape index (κ1) is 73.7. The van der Waals surface area contributed by atoms with Gasteiger partial charge in [-0.1, -0.05) is 88.4 Å². The van der Waals surface area contributed by atoms with Gasteiger partial charge in [0.15, 0.2) is 0 Å². The zero-order chi connectivity index (χ0) is 66.0. The molecule has 494 valence electrons. The number of nitrogens with one attached hydrogen (secondary N) is 8. The van der Waals surface area contributed by atoms with Crippen LogP contribution in [0, 0.1) is 11.8 Å². The third-order valence-corrected chi connectivity index (χ3v) is 15.5. The fraction of sp³-hybridized carbons (Fsp3) is 0.617. The highest BCUT2D eigenvalue weighted by Crippen LogP contribution is 2.23. The lowest BCUT2D eigenvalue weighted by atomic mass is 9.99. The van der Waals surface area contributed by atoms with Crippen LogP contribution in [-0.2, 0) is 65.6 Å². The van der Waals surface area contributed by atoms with E-state index in [4.69, 9.17) is 32.8 Å². The van der Waals surface area contributed by atoms with Gasteiger partial charge >= 0.3 is 12.1 Å². The van der Waals surface area contributed by atoms with Crippen LogP contribution in [0.5, 0.6) is 0 Å². The minimum absolute atomic E-state index is 0.00433. The van der Waals surface area contributed by atoms with Crippen molar-refractivity contribution in [2.45, 2.75) is 184 Å². The molecular weight excluding hydrogens is 1170 g/mol. The average Bonchev–Trinajstić information content (AvgIpc) is 2.79. The van der Waals surface area contributed by atoms with Crippen LogP contribution in [0.25, 0.3) is 0 Å². The van der Waals surface area contributed by atoms with Gasteiger partial charge in [0.1, 0.15) is 60.4 Å². The zero-order valence-electron chi connectivity index (χ0n) is 51.1. The highest BCUT2D eigenvalue weighted by atomic mass is 19.4. The summed E-state index contributed by atoms with van der Waals surface area (Å²) in [6.07, 6.45) is -2.40. The summed E-state index contributed by atoms with van der Waals surface area (Å²) in [5, 5.41) is 29.7. The molecule has 3 heterocycles. The van der Waals surface area contributed by atoms with Crippen LogP contribution in [0.2, 0.25) is 0 Å². The topological polar surface area (TPSA) is 415 Å². The van der Waals surface area contributed by atoms with E-state index in [1.54, 1.807) is 88.4 Å². The molecule has 3 fully saturated rings. The molecule has 3 saturated heterocycles. The van der Waals surface area contributed by atoms with Crippen LogP contribution in [-0.4, -0.2) is 186 Å². The van der Waals surface area contributed by atoms with Crippen molar-refractivity contribution in [3.05, 3.63) is 71.8 Å². The number of benzene rings is 2. The molecule has 0 aliphatic carbocycles. The number of carboxylic acids is 1. The Balaban J connectivity index is 0.00000227. The van der Waals surface area contributed by atoms with Crippen molar-refractivity contribution in [3.63, 3.8) is 0 Å². The first-order valence-corrected chi connectivity index (χ1v) is 30.5. The molecule has 10 amide bonds. The summed E-state index contributed by atoms with van der Waals surface area (Å²) < 4.78 is 31.7. The van der Waals surface area contributed by atoms with Crippen LogP contribution in [0.15, 0.2) is 60.7 Å². The Morgan fingerprint density at radius 2 is 0.730 bits per heavy atom. The van der Waals surface area contributed by atoms with Gasteiger partial charge in [0.25, 0.3) is 0 Å². The highest BCUT2D eigenvalue weighted by Gasteiger charge is 2.43. The fourth-order valence-corrected chi connectivity index (χ4v) is 10.7. The number of fused-ring (bicyclic) bond motifs is 2. The Kier molecular flexibility index (Phi) is 30.4. The Hall–Kier alpha value is -7.76. The number of amides is 10. The Bertz CT molecular complexity index is 2530. The molecule has 0 spiro atoms. The van der Waals surface area contributed by atoms with E-state index in [0.29, 0.717) is 36.8 Å². The monoisotopic (exact) mass is 1260 g/mol. The molecule has 3 aliphatic heterocycles. The van der Waals surface area contributed by atoms with Gasteiger partial charge in [-0.25, -0.2) is 4.79 Å². The Labute approximate surface area is 516 Å². The van der Waals surface area contributed by atoms with Gasteiger partial charge in [-0.3, -0.25) is 47.9 Å². The number of nitrogens with two attached hydrogens (primary N) is 4. The maximum absolute atomic E-state index is 14.9. The molecule has 0 bridgehead atoms.